The lowest BCUT2D eigenvalue weighted by Crippen LogP contribution is -2.24. The normalized spacial score (nSPS) is 11.7. The number of aryl methyl sites for hydroxylation is 1. The molecule has 2 aromatic carbocycles. The van der Waals surface area contributed by atoms with Gasteiger partial charge in [-0.25, -0.2) is 4.79 Å². The van der Waals surface area contributed by atoms with Crippen LogP contribution in [-0.4, -0.2) is 8.97 Å². The minimum Gasteiger partial charge on any atom is -0.296 e. The Hall–Kier alpha value is -2.07. The molecule has 0 aliphatic carbocycles. The molecule has 0 aliphatic rings. The number of halogens is 1. The first kappa shape index (κ1) is 11.7. The molecule has 0 aliphatic heterocycles. The van der Waals surface area contributed by atoms with Gasteiger partial charge in [0.1, 0.15) is 0 Å². The van der Waals surface area contributed by atoms with E-state index in [0.717, 1.165) is 31.8 Å². The molecule has 20 heavy (non-hydrogen) atoms. The highest BCUT2D eigenvalue weighted by Gasteiger charge is 2.11. The van der Waals surface area contributed by atoms with E-state index in [1.807, 2.05) is 43.4 Å². The van der Waals surface area contributed by atoms with Crippen molar-refractivity contribution in [3.05, 3.63) is 63.5 Å². The van der Waals surface area contributed by atoms with Crippen molar-refractivity contribution in [1.29, 1.82) is 0 Å². The maximum atomic E-state index is 12.6. The summed E-state index contributed by atoms with van der Waals surface area (Å²) in [7, 11) is 1.81. The van der Waals surface area contributed by atoms with Gasteiger partial charge >= 0.3 is 5.69 Å². The molecule has 3 nitrogen and oxygen atoms in total. The smallest absolute Gasteiger partial charge is 0.296 e. The second-order valence-electron chi connectivity index (χ2n) is 4.93. The zero-order valence-corrected chi connectivity index (χ0v) is 12.4. The van der Waals surface area contributed by atoms with Crippen molar-refractivity contribution in [2.24, 2.45) is 7.05 Å². The zero-order valence-electron chi connectivity index (χ0n) is 10.8. The molecule has 0 saturated heterocycles. The first-order valence-corrected chi connectivity index (χ1v) is 7.14. The van der Waals surface area contributed by atoms with Gasteiger partial charge in [-0.1, -0.05) is 34.1 Å². The predicted octanol–water partition coefficient (Wildman–Crippen LogP) is 3.71. The number of hydrogen-bond donors (Lipinski definition) is 0. The molecule has 98 valence electrons. The molecule has 0 atom stereocenters. The molecule has 2 aromatic heterocycles. The van der Waals surface area contributed by atoms with Crippen molar-refractivity contribution in [3.8, 4) is 0 Å². The highest BCUT2D eigenvalue weighted by Crippen LogP contribution is 2.27. The van der Waals surface area contributed by atoms with Crippen molar-refractivity contribution in [1.82, 2.24) is 8.97 Å². The van der Waals surface area contributed by atoms with Crippen molar-refractivity contribution in [2.45, 2.75) is 0 Å². The van der Waals surface area contributed by atoms with Crippen molar-refractivity contribution in [3.63, 3.8) is 0 Å². The standard InChI is InChI=1S/C16H11BrN2O/c1-18-14-7-6-11(17)9-12(14)15-8-10-4-2-3-5-13(10)19(15)16(18)20/h2-9H,1H3. The average Bonchev–Trinajstić information content (AvgIpc) is 2.84. The summed E-state index contributed by atoms with van der Waals surface area (Å²) in [5, 5.41) is 2.15. The van der Waals surface area contributed by atoms with Crippen molar-refractivity contribution >= 4 is 43.3 Å². The lowest BCUT2D eigenvalue weighted by Gasteiger charge is -2.08. The molecule has 4 aromatic rings. The number of hydrogen-bond acceptors (Lipinski definition) is 1. The Morgan fingerprint density at radius 1 is 0.950 bits per heavy atom. The van der Waals surface area contributed by atoms with Gasteiger partial charge in [0.2, 0.25) is 0 Å². The van der Waals surface area contributed by atoms with Crippen LogP contribution in [0.15, 0.2) is 57.8 Å². The van der Waals surface area contributed by atoms with E-state index >= 15 is 0 Å². The number of aromatic nitrogens is 2. The van der Waals surface area contributed by atoms with E-state index in [0.29, 0.717) is 0 Å². The van der Waals surface area contributed by atoms with Crippen LogP contribution in [0.4, 0.5) is 0 Å². The van der Waals surface area contributed by atoms with E-state index in [1.165, 1.54) is 0 Å². The lowest BCUT2D eigenvalue weighted by atomic mass is 10.2. The molecule has 4 rings (SSSR count). The van der Waals surface area contributed by atoms with E-state index < -0.39 is 0 Å². The van der Waals surface area contributed by atoms with Gasteiger partial charge in [-0.3, -0.25) is 8.97 Å². The number of nitrogens with zero attached hydrogens (tertiary/aromatic N) is 2. The highest BCUT2D eigenvalue weighted by molar-refractivity contribution is 9.10. The maximum absolute atomic E-state index is 12.6. The summed E-state index contributed by atoms with van der Waals surface area (Å²) in [6.07, 6.45) is 0. The minimum absolute atomic E-state index is 0.0176. The molecular weight excluding hydrogens is 316 g/mol. The monoisotopic (exact) mass is 326 g/mol. The van der Waals surface area contributed by atoms with Crippen LogP contribution in [0.3, 0.4) is 0 Å². The van der Waals surface area contributed by atoms with Crippen LogP contribution < -0.4 is 5.69 Å². The predicted molar refractivity (Wildman–Crippen MR) is 85.4 cm³/mol. The molecular formula is C16H11BrN2O. The molecule has 0 bridgehead atoms. The average molecular weight is 327 g/mol. The zero-order chi connectivity index (χ0) is 13.9. The quantitative estimate of drug-likeness (QED) is 0.484. The van der Waals surface area contributed by atoms with E-state index in [9.17, 15) is 4.79 Å². The van der Waals surface area contributed by atoms with Gasteiger partial charge in [0.05, 0.1) is 16.6 Å². The molecule has 0 saturated carbocycles. The third kappa shape index (κ3) is 1.42. The second-order valence-corrected chi connectivity index (χ2v) is 5.84. The Bertz CT molecular complexity index is 1040. The van der Waals surface area contributed by atoms with E-state index in [-0.39, 0.29) is 5.69 Å². The molecule has 0 radical (unpaired) electrons. The summed E-state index contributed by atoms with van der Waals surface area (Å²) in [4.78, 5) is 12.6. The number of rotatable bonds is 0. The van der Waals surface area contributed by atoms with Crippen LogP contribution in [-0.2, 0) is 7.05 Å². The maximum Gasteiger partial charge on any atom is 0.333 e. The fraction of sp³-hybridized carbons (Fsp3) is 0.0625. The second kappa shape index (κ2) is 3.96. The van der Waals surface area contributed by atoms with Gasteiger partial charge in [-0.05, 0) is 30.3 Å². The van der Waals surface area contributed by atoms with E-state index in [2.05, 4.69) is 28.1 Å². The molecule has 0 amide bonds. The lowest BCUT2D eigenvalue weighted by molar-refractivity contribution is 0.838. The van der Waals surface area contributed by atoms with Gasteiger partial charge in [-0.15, -0.1) is 0 Å². The van der Waals surface area contributed by atoms with Gasteiger partial charge < -0.3 is 0 Å². The van der Waals surface area contributed by atoms with E-state index in [4.69, 9.17) is 0 Å². The molecule has 0 N–H and O–H groups in total. The van der Waals surface area contributed by atoms with Crippen molar-refractivity contribution < 1.29 is 0 Å². The summed E-state index contributed by atoms with van der Waals surface area (Å²) in [5.41, 5.74) is 2.82. The van der Waals surface area contributed by atoms with Gasteiger partial charge in [0, 0.05) is 22.3 Å². The number of fused-ring (bicyclic) bond motifs is 5. The third-order valence-corrected chi connectivity index (χ3v) is 4.28. The molecule has 4 heteroatoms. The fourth-order valence-corrected chi connectivity index (χ4v) is 3.18. The van der Waals surface area contributed by atoms with Crippen LogP contribution in [0.5, 0.6) is 0 Å². The summed E-state index contributed by atoms with van der Waals surface area (Å²) < 4.78 is 4.49. The molecule has 2 heterocycles. The summed E-state index contributed by atoms with van der Waals surface area (Å²) >= 11 is 3.51. The Kier molecular flexibility index (Phi) is 2.32. The first-order chi connectivity index (χ1) is 9.66. The Morgan fingerprint density at radius 3 is 2.60 bits per heavy atom. The van der Waals surface area contributed by atoms with Crippen LogP contribution in [0.1, 0.15) is 0 Å². The topological polar surface area (TPSA) is 26.4 Å². The molecule has 0 fully saturated rings. The highest BCUT2D eigenvalue weighted by atomic mass is 79.9. The largest absolute Gasteiger partial charge is 0.333 e. The van der Waals surface area contributed by atoms with E-state index in [1.54, 1.807) is 8.97 Å². The number of para-hydroxylation sites is 1. The number of benzene rings is 2. The fourth-order valence-electron chi connectivity index (χ4n) is 2.82. The third-order valence-electron chi connectivity index (χ3n) is 3.78. The van der Waals surface area contributed by atoms with Crippen LogP contribution >= 0.6 is 15.9 Å². The van der Waals surface area contributed by atoms with Gasteiger partial charge in [0.25, 0.3) is 0 Å². The SMILES string of the molecule is Cn1c(=O)n2c3ccccc3cc2c2cc(Br)ccc21. The summed E-state index contributed by atoms with van der Waals surface area (Å²) in [6.45, 7) is 0. The van der Waals surface area contributed by atoms with Gasteiger partial charge in [0.15, 0.2) is 0 Å². The Morgan fingerprint density at radius 2 is 1.75 bits per heavy atom. The molecule has 0 spiro atoms. The van der Waals surface area contributed by atoms with Crippen molar-refractivity contribution in [2.75, 3.05) is 0 Å². The summed E-state index contributed by atoms with van der Waals surface area (Å²) in [6, 6.07) is 16.0. The summed E-state index contributed by atoms with van der Waals surface area (Å²) in [5.74, 6) is 0. The van der Waals surface area contributed by atoms with Crippen LogP contribution in [0, 0.1) is 0 Å². The van der Waals surface area contributed by atoms with Crippen LogP contribution in [0.25, 0.3) is 27.3 Å². The Labute approximate surface area is 123 Å². The minimum atomic E-state index is -0.0176. The van der Waals surface area contributed by atoms with Gasteiger partial charge in [-0.2, -0.15) is 0 Å². The first-order valence-electron chi connectivity index (χ1n) is 6.35. The molecule has 0 unspecified atom stereocenters. The Balaban J connectivity index is 2.42. The van der Waals surface area contributed by atoms with Crippen LogP contribution in [0.2, 0.25) is 0 Å².